The Hall–Kier alpha value is -1.09. The van der Waals surface area contributed by atoms with Crippen molar-refractivity contribution in [3.8, 4) is 0 Å². The quantitative estimate of drug-likeness (QED) is 0.843. The maximum absolute atomic E-state index is 5.46. The van der Waals surface area contributed by atoms with Gasteiger partial charge in [-0.2, -0.15) is 0 Å². The lowest BCUT2D eigenvalue weighted by Gasteiger charge is -2.33. The Balaban J connectivity index is 1.71. The molecule has 0 radical (unpaired) electrons. The van der Waals surface area contributed by atoms with Gasteiger partial charge in [0.25, 0.3) is 0 Å². The van der Waals surface area contributed by atoms with Gasteiger partial charge in [0, 0.05) is 19.6 Å². The molecule has 2 nitrogen and oxygen atoms in total. The lowest BCUT2D eigenvalue weighted by Crippen LogP contribution is -2.45. The molecular formula is C15H22N2S. The van der Waals surface area contributed by atoms with E-state index in [2.05, 4.69) is 47.5 Å². The summed E-state index contributed by atoms with van der Waals surface area (Å²) in [6.07, 6.45) is 3.63. The normalized spacial score (nSPS) is 19.6. The summed E-state index contributed by atoms with van der Waals surface area (Å²) in [6.45, 7) is 5.45. The zero-order valence-corrected chi connectivity index (χ0v) is 11.9. The topological polar surface area (TPSA) is 15.3 Å². The van der Waals surface area contributed by atoms with Crippen LogP contribution in [0.15, 0.2) is 30.3 Å². The summed E-state index contributed by atoms with van der Waals surface area (Å²) in [5, 5.41) is 4.31. The molecule has 1 aromatic carbocycles. The largest absolute Gasteiger partial charge is 0.362 e. The zero-order valence-electron chi connectivity index (χ0n) is 11.1. The van der Waals surface area contributed by atoms with Crippen molar-refractivity contribution in [2.75, 3.05) is 19.6 Å². The van der Waals surface area contributed by atoms with Gasteiger partial charge in [-0.3, -0.25) is 0 Å². The highest BCUT2D eigenvalue weighted by atomic mass is 32.1. The minimum atomic E-state index is 0.771. The van der Waals surface area contributed by atoms with E-state index < -0.39 is 0 Å². The van der Waals surface area contributed by atoms with Gasteiger partial charge in [0.05, 0.1) is 0 Å². The van der Waals surface area contributed by atoms with Crippen molar-refractivity contribution in [1.29, 1.82) is 0 Å². The van der Waals surface area contributed by atoms with Gasteiger partial charge in [-0.25, -0.2) is 0 Å². The van der Waals surface area contributed by atoms with Crippen molar-refractivity contribution in [3.05, 3.63) is 35.9 Å². The van der Waals surface area contributed by atoms with Crippen LogP contribution in [0.25, 0.3) is 0 Å². The fourth-order valence-electron chi connectivity index (χ4n) is 2.44. The summed E-state index contributed by atoms with van der Waals surface area (Å²) in [6, 6.07) is 10.5. The molecule has 0 unspecified atom stereocenters. The zero-order chi connectivity index (χ0) is 12.8. The van der Waals surface area contributed by atoms with Gasteiger partial charge in [-0.1, -0.05) is 37.3 Å². The number of hydrogen-bond acceptors (Lipinski definition) is 1. The molecule has 2 rings (SSSR count). The van der Waals surface area contributed by atoms with Gasteiger partial charge < -0.3 is 10.2 Å². The molecular weight excluding hydrogens is 240 g/mol. The van der Waals surface area contributed by atoms with Crippen LogP contribution in [0.3, 0.4) is 0 Å². The molecule has 0 saturated carbocycles. The van der Waals surface area contributed by atoms with Gasteiger partial charge >= 0.3 is 0 Å². The fourth-order valence-corrected chi connectivity index (χ4v) is 2.71. The summed E-state index contributed by atoms with van der Waals surface area (Å²) in [4.78, 5) is 2.31. The van der Waals surface area contributed by atoms with Gasteiger partial charge in [-0.15, -0.1) is 0 Å². The van der Waals surface area contributed by atoms with Crippen molar-refractivity contribution >= 4 is 17.3 Å². The predicted octanol–water partition coefficient (Wildman–Crippen LogP) is 2.84. The number of likely N-dealkylation sites (tertiary alicyclic amines) is 1. The molecule has 0 aromatic heterocycles. The summed E-state index contributed by atoms with van der Waals surface area (Å²) in [5.74, 6) is 0.771. The molecule has 3 heteroatoms. The van der Waals surface area contributed by atoms with Crippen LogP contribution < -0.4 is 5.32 Å². The Kier molecular flexibility index (Phi) is 5.00. The Morgan fingerprint density at radius 3 is 2.89 bits per heavy atom. The molecule has 1 aromatic rings. The second kappa shape index (κ2) is 6.74. The Morgan fingerprint density at radius 2 is 2.17 bits per heavy atom. The summed E-state index contributed by atoms with van der Waals surface area (Å²) in [5.41, 5.74) is 1.36. The van der Waals surface area contributed by atoms with E-state index in [4.69, 9.17) is 12.2 Å². The average Bonchev–Trinajstić information content (AvgIpc) is 2.40. The number of thiocarbonyl (C=S) groups is 1. The smallest absolute Gasteiger partial charge is 0.168 e. The molecule has 18 heavy (non-hydrogen) atoms. The first-order chi connectivity index (χ1) is 8.75. The van der Waals surface area contributed by atoms with E-state index in [1.165, 1.54) is 18.4 Å². The van der Waals surface area contributed by atoms with Gasteiger partial charge in [0.2, 0.25) is 0 Å². The molecule has 1 saturated heterocycles. The average molecular weight is 262 g/mol. The molecule has 1 heterocycles. The summed E-state index contributed by atoms with van der Waals surface area (Å²) < 4.78 is 0. The first-order valence-corrected chi connectivity index (χ1v) is 7.23. The maximum atomic E-state index is 5.46. The van der Waals surface area contributed by atoms with Crippen LogP contribution in [0.5, 0.6) is 0 Å². The van der Waals surface area contributed by atoms with E-state index in [1.54, 1.807) is 0 Å². The van der Waals surface area contributed by atoms with Gasteiger partial charge in [0.15, 0.2) is 5.11 Å². The Labute approximate surface area is 115 Å². The molecule has 0 aliphatic carbocycles. The third kappa shape index (κ3) is 3.98. The second-order valence-corrected chi connectivity index (χ2v) is 5.55. The summed E-state index contributed by atoms with van der Waals surface area (Å²) >= 11 is 5.46. The predicted molar refractivity (Wildman–Crippen MR) is 80.7 cm³/mol. The van der Waals surface area contributed by atoms with Crippen molar-refractivity contribution in [3.63, 3.8) is 0 Å². The van der Waals surface area contributed by atoms with E-state index in [9.17, 15) is 0 Å². The van der Waals surface area contributed by atoms with Gasteiger partial charge in [0.1, 0.15) is 0 Å². The number of nitrogens with zero attached hydrogens (tertiary/aromatic N) is 1. The molecule has 1 aliphatic heterocycles. The molecule has 98 valence electrons. The van der Waals surface area contributed by atoms with Crippen LogP contribution in [-0.2, 0) is 6.42 Å². The number of rotatable bonds is 3. The maximum Gasteiger partial charge on any atom is 0.168 e. The monoisotopic (exact) mass is 262 g/mol. The van der Waals surface area contributed by atoms with Crippen LogP contribution in [0.4, 0.5) is 0 Å². The highest BCUT2D eigenvalue weighted by Gasteiger charge is 2.17. The highest BCUT2D eigenvalue weighted by Crippen LogP contribution is 2.15. The first-order valence-electron chi connectivity index (χ1n) is 6.82. The van der Waals surface area contributed by atoms with E-state index in [0.717, 1.165) is 37.1 Å². The standard InChI is InChI=1S/C15H22N2S/c1-13-6-5-11-17(12-13)15(18)16-10-9-14-7-3-2-4-8-14/h2-4,7-8,13H,5-6,9-12H2,1H3,(H,16,18)/t13-/m0/s1. The van der Waals surface area contributed by atoms with E-state index in [1.807, 2.05) is 0 Å². The molecule has 1 fully saturated rings. The van der Waals surface area contributed by atoms with Crippen LogP contribution in [0.2, 0.25) is 0 Å². The van der Waals surface area contributed by atoms with E-state index in [0.29, 0.717) is 0 Å². The number of piperidine rings is 1. The van der Waals surface area contributed by atoms with E-state index in [-0.39, 0.29) is 0 Å². The van der Waals surface area contributed by atoms with Crippen molar-refractivity contribution in [2.24, 2.45) is 5.92 Å². The number of benzene rings is 1. The minimum Gasteiger partial charge on any atom is -0.362 e. The lowest BCUT2D eigenvalue weighted by molar-refractivity contribution is 0.270. The highest BCUT2D eigenvalue weighted by molar-refractivity contribution is 7.80. The van der Waals surface area contributed by atoms with Crippen LogP contribution >= 0.6 is 12.2 Å². The fraction of sp³-hybridized carbons (Fsp3) is 0.533. The molecule has 1 atom stereocenters. The lowest BCUT2D eigenvalue weighted by atomic mass is 10.0. The van der Waals surface area contributed by atoms with Crippen LogP contribution in [0, 0.1) is 5.92 Å². The van der Waals surface area contributed by atoms with Crippen molar-refractivity contribution in [2.45, 2.75) is 26.2 Å². The third-order valence-electron chi connectivity index (χ3n) is 3.48. The van der Waals surface area contributed by atoms with Crippen LogP contribution in [-0.4, -0.2) is 29.6 Å². The van der Waals surface area contributed by atoms with Crippen molar-refractivity contribution < 1.29 is 0 Å². The molecule has 1 N–H and O–H groups in total. The number of hydrogen-bond donors (Lipinski definition) is 1. The SMILES string of the molecule is C[C@H]1CCCN(C(=S)NCCc2ccccc2)C1. The number of nitrogens with one attached hydrogen (secondary N) is 1. The Morgan fingerprint density at radius 1 is 1.39 bits per heavy atom. The second-order valence-electron chi connectivity index (χ2n) is 5.16. The van der Waals surface area contributed by atoms with E-state index >= 15 is 0 Å². The third-order valence-corrected chi connectivity index (χ3v) is 3.88. The first kappa shape index (κ1) is 13.3. The Bertz CT molecular complexity index is 377. The minimum absolute atomic E-state index is 0.771. The molecule has 0 amide bonds. The van der Waals surface area contributed by atoms with Crippen molar-refractivity contribution in [1.82, 2.24) is 10.2 Å². The summed E-state index contributed by atoms with van der Waals surface area (Å²) in [7, 11) is 0. The van der Waals surface area contributed by atoms with Gasteiger partial charge in [-0.05, 0) is 43.0 Å². The van der Waals surface area contributed by atoms with Crippen LogP contribution in [0.1, 0.15) is 25.3 Å². The molecule has 0 spiro atoms. The molecule has 0 bridgehead atoms. The molecule has 1 aliphatic rings.